The van der Waals surface area contributed by atoms with E-state index >= 15 is 0 Å². The minimum Gasteiger partial charge on any atom is -0.480 e. The Bertz CT molecular complexity index is 399. The monoisotopic (exact) mass is 300 g/mol. The van der Waals surface area contributed by atoms with Gasteiger partial charge in [-0.1, -0.05) is 20.3 Å². The summed E-state index contributed by atoms with van der Waals surface area (Å²) in [5, 5.41) is 11.7. The lowest BCUT2D eigenvalue weighted by atomic mass is 9.99. The number of aliphatic carboxylic acids is 1. The number of nitrogens with one attached hydrogen (secondary N) is 1. The molecule has 3 atom stereocenters. The highest BCUT2D eigenvalue weighted by Crippen LogP contribution is 2.19. The number of esters is 1. The number of carbonyl (C=O) groups is 3. The molecule has 21 heavy (non-hydrogen) atoms. The van der Waals surface area contributed by atoms with Gasteiger partial charge < -0.3 is 20.1 Å². The number of hydrogen-bond donors (Lipinski definition) is 2. The Kier molecular flexibility index (Phi) is 6.45. The van der Waals surface area contributed by atoms with Gasteiger partial charge >= 0.3 is 18.0 Å². The summed E-state index contributed by atoms with van der Waals surface area (Å²) in [4.78, 5) is 36.7. The van der Waals surface area contributed by atoms with Crippen molar-refractivity contribution in [2.45, 2.75) is 51.6 Å². The number of likely N-dealkylation sites (tertiary alicyclic amines) is 1. The summed E-state index contributed by atoms with van der Waals surface area (Å²) >= 11 is 0. The van der Waals surface area contributed by atoms with Crippen molar-refractivity contribution in [3.8, 4) is 0 Å². The molecule has 0 saturated carbocycles. The number of nitrogens with zero attached hydrogens (tertiary/aromatic N) is 1. The zero-order valence-electron chi connectivity index (χ0n) is 12.8. The van der Waals surface area contributed by atoms with Crippen LogP contribution in [0.25, 0.3) is 0 Å². The molecule has 0 radical (unpaired) electrons. The van der Waals surface area contributed by atoms with Gasteiger partial charge in [-0.2, -0.15) is 0 Å². The molecule has 1 rings (SSSR count). The number of piperidine rings is 1. The highest BCUT2D eigenvalue weighted by Gasteiger charge is 2.35. The highest BCUT2D eigenvalue weighted by atomic mass is 16.5. The third kappa shape index (κ3) is 4.34. The predicted octanol–water partition coefficient (Wildman–Crippen LogP) is 1.22. The molecule has 0 bridgehead atoms. The van der Waals surface area contributed by atoms with Crippen LogP contribution < -0.4 is 5.32 Å². The van der Waals surface area contributed by atoms with Crippen LogP contribution in [0.3, 0.4) is 0 Å². The maximum absolute atomic E-state index is 12.3. The standard InChI is InChI=1S/C14H24N2O5/c1-4-9(2)11(12(17)18)15-14(20)16-8-6-5-7-10(16)13(19)21-3/h9-11H,4-8H2,1-3H3,(H,15,20)(H,17,18)/t9-,10?,11-/m0/s1. The first-order valence-corrected chi connectivity index (χ1v) is 7.30. The summed E-state index contributed by atoms with van der Waals surface area (Å²) < 4.78 is 4.71. The molecule has 7 nitrogen and oxygen atoms in total. The summed E-state index contributed by atoms with van der Waals surface area (Å²) in [5.74, 6) is -1.71. The highest BCUT2D eigenvalue weighted by molar-refractivity contribution is 5.87. The van der Waals surface area contributed by atoms with Crippen molar-refractivity contribution < 1.29 is 24.2 Å². The molecule has 0 aliphatic carbocycles. The van der Waals surface area contributed by atoms with Crippen LogP contribution in [0.4, 0.5) is 4.79 Å². The van der Waals surface area contributed by atoms with Crippen molar-refractivity contribution >= 4 is 18.0 Å². The van der Waals surface area contributed by atoms with Crippen molar-refractivity contribution in [1.82, 2.24) is 10.2 Å². The van der Waals surface area contributed by atoms with Crippen LogP contribution in [0.15, 0.2) is 0 Å². The van der Waals surface area contributed by atoms with Gasteiger partial charge in [0.25, 0.3) is 0 Å². The van der Waals surface area contributed by atoms with Crippen LogP contribution in [-0.4, -0.2) is 53.7 Å². The number of amides is 2. The quantitative estimate of drug-likeness (QED) is 0.744. The van der Waals surface area contributed by atoms with Gasteiger partial charge in [0.2, 0.25) is 0 Å². The van der Waals surface area contributed by atoms with E-state index in [1.165, 1.54) is 12.0 Å². The summed E-state index contributed by atoms with van der Waals surface area (Å²) in [7, 11) is 1.28. The normalized spacial score (nSPS) is 21.3. The second-order valence-corrected chi connectivity index (χ2v) is 5.38. The van der Waals surface area contributed by atoms with E-state index in [1.54, 1.807) is 6.92 Å². The van der Waals surface area contributed by atoms with Crippen LogP contribution >= 0.6 is 0 Å². The molecule has 1 aliphatic rings. The Morgan fingerprint density at radius 2 is 2.05 bits per heavy atom. The molecule has 7 heteroatoms. The fourth-order valence-corrected chi connectivity index (χ4v) is 2.45. The van der Waals surface area contributed by atoms with Crippen molar-refractivity contribution in [2.75, 3.05) is 13.7 Å². The van der Waals surface area contributed by atoms with Gasteiger partial charge in [-0.3, -0.25) is 0 Å². The molecule has 1 unspecified atom stereocenters. The van der Waals surface area contributed by atoms with E-state index in [9.17, 15) is 19.5 Å². The number of urea groups is 1. The second-order valence-electron chi connectivity index (χ2n) is 5.38. The molecule has 0 spiro atoms. The van der Waals surface area contributed by atoms with Crippen molar-refractivity contribution in [3.63, 3.8) is 0 Å². The van der Waals surface area contributed by atoms with Gasteiger partial charge in [0.15, 0.2) is 0 Å². The molecule has 2 amide bonds. The summed E-state index contributed by atoms with van der Waals surface area (Å²) in [6.07, 6.45) is 2.82. The molecule has 0 aromatic rings. The molecule has 1 aliphatic heterocycles. The van der Waals surface area contributed by atoms with Crippen LogP contribution in [0, 0.1) is 5.92 Å². The first kappa shape index (κ1) is 17.3. The van der Waals surface area contributed by atoms with Gasteiger partial charge in [-0.25, -0.2) is 14.4 Å². The summed E-state index contributed by atoms with van der Waals surface area (Å²) in [6, 6.07) is -2.10. The predicted molar refractivity (Wildman–Crippen MR) is 75.8 cm³/mol. The maximum Gasteiger partial charge on any atom is 0.328 e. The van der Waals surface area contributed by atoms with Crippen LogP contribution in [0.1, 0.15) is 39.5 Å². The number of carboxylic acids is 1. The molecule has 1 fully saturated rings. The third-order valence-electron chi connectivity index (χ3n) is 3.99. The van der Waals surface area contributed by atoms with E-state index in [-0.39, 0.29) is 5.92 Å². The van der Waals surface area contributed by atoms with E-state index < -0.39 is 30.1 Å². The number of carbonyl (C=O) groups excluding carboxylic acids is 2. The average Bonchev–Trinajstić information content (AvgIpc) is 2.50. The number of carboxylic acid groups (broad SMARTS) is 1. The molecule has 1 heterocycles. The van der Waals surface area contributed by atoms with E-state index in [0.29, 0.717) is 19.4 Å². The summed E-state index contributed by atoms with van der Waals surface area (Å²) in [6.45, 7) is 4.07. The van der Waals surface area contributed by atoms with E-state index in [2.05, 4.69) is 5.32 Å². The lowest BCUT2D eigenvalue weighted by Crippen LogP contribution is -2.56. The van der Waals surface area contributed by atoms with Crippen LogP contribution in [-0.2, 0) is 14.3 Å². The largest absolute Gasteiger partial charge is 0.480 e. The fourth-order valence-electron chi connectivity index (χ4n) is 2.45. The second kappa shape index (κ2) is 7.85. The maximum atomic E-state index is 12.3. The first-order valence-electron chi connectivity index (χ1n) is 7.30. The Hall–Kier alpha value is -1.79. The fraction of sp³-hybridized carbons (Fsp3) is 0.786. The zero-order valence-corrected chi connectivity index (χ0v) is 12.8. The number of methoxy groups -OCH3 is 1. The lowest BCUT2D eigenvalue weighted by Gasteiger charge is -2.35. The number of ether oxygens (including phenoxy) is 1. The smallest absolute Gasteiger partial charge is 0.328 e. The molecular formula is C14H24N2O5. The van der Waals surface area contributed by atoms with Crippen molar-refractivity contribution in [3.05, 3.63) is 0 Å². The van der Waals surface area contributed by atoms with E-state index in [1.807, 2.05) is 6.92 Å². The van der Waals surface area contributed by atoms with E-state index in [0.717, 1.165) is 12.8 Å². The SMILES string of the molecule is CC[C@H](C)[C@H](NC(=O)N1CCCCC1C(=O)OC)C(=O)O. The number of rotatable bonds is 5. The van der Waals surface area contributed by atoms with Crippen molar-refractivity contribution in [1.29, 1.82) is 0 Å². The van der Waals surface area contributed by atoms with Gasteiger partial charge in [0.1, 0.15) is 12.1 Å². The van der Waals surface area contributed by atoms with Gasteiger partial charge in [0.05, 0.1) is 7.11 Å². The summed E-state index contributed by atoms with van der Waals surface area (Å²) in [5.41, 5.74) is 0. The average molecular weight is 300 g/mol. The van der Waals surface area contributed by atoms with E-state index in [4.69, 9.17) is 4.74 Å². The molecule has 2 N–H and O–H groups in total. The minimum absolute atomic E-state index is 0.187. The number of hydrogen-bond acceptors (Lipinski definition) is 4. The van der Waals surface area contributed by atoms with Crippen LogP contribution in [0.5, 0.6) is 0 Å². The Morgan fingerprint density at radius 3 is 2.57 bits per heavy atom. The van der Waals surface area contributed by atoms with Gasteiger partial charge in [-0.15, -0.1) is 0 Å². The minimum atomic E-state index is -1.07. The first-order chi connectivity index (χ1) is 9.92. The van der Waals surface area contributed by atoms with Crippen LogP contribution in [0.2, 0.25) is 0 Å². The molecule has 1 saturated heterocycles. The lowest BCUT2D eigenvalue weighted by molar-refractivity contribution is -0.146. The van der Waals surface area contributed by atoms with Crippen molar-refractivity contribution in [2.24, 2.45) is 5.92 Å². The topological polar surface area (TPSA) is 95.9 Å². The molecule has 0 aromatic heterocycles. The Labute approximate surface area is 124 Å². The Morgan fingerprint density at radius 1 is 1.38 bits per heavy atom. The molecule has 0 aromatic carbocycles. The molecule has 120 valence electrons. The van der Waals surface area contributed by atoms with Gasteiger partial charge in [-0.05, 0) is 25.2 Å². The third-order valence-corrected chi connectivity index (χ3v) is 3.99. The zero-order chi connectivity index (χ0) is 16.0. The van der Waals surface area contributed by atoms with Gasteiger partial charge in [0, 0.05) is 6.54 Å². The molecular weight excluding hydrogens is 276 g/mol. The Balaban J connectivity index is 2.79.